The Morgan fingerprint density at radius 1 is 0.794 bits per heavy atom. The summed E-state index contributed by atoms with van der Waals surface area (Å²) < 4.78 is 0. The number of nitrogens with two attached hydrogens (primary N) is 2. The molecule has 0 bridgehead atoms. The van der Waals surface area contributed by atoms with Crippen LogP contribution in [0.2, 0.25) is 0 Å². The van der Waals surface area contributed by atoms with Gasteiger partial charge in [-0.2, -0.15) is 0 Å². The summed E-state index contributed by atoms with van der Waals surface area (Å²) >= 11 is 0. The van der Waals surface area contributed by atoms with Gasteiger partial charge in [0.2, 0.25) is 17.7 Å². The molecule has 0 heterocycles. The molecule has 34 heavy (non-hydrogen) atoms. The molecule has 1 atom stereocenters. The van der Waals surface area contributed by atoms with E-state index in [0.29, 0.717) is 64.8 Å². The summed E-state index contributed by atoms with van der Waals surface area (Å²) in [6.07, 6.45) is 16.1. The molecule has 6 N–H and O–H groups in total. The summed E-state index contributed by atoms with van der Waals surface area (Å²) in [6.45, 7) is 6.89. The molecule has 0 aliphatic heterocycles. The van der Waals surface area contributed by atoms with Crippen molar-refractivity contribution in [3.63, 3.8) is 0 Å². The summed E-state index contributed by atoms with van der Waals surface area (Å²) in [6, 6.07) is -0.556. The molecule has 8 heteroatoms. The lowest BCUT2D eigenvalue weighted by Gasteiger charge is -2.26. The van der Waals surface area contributed by atoms with Crippen molar-refractivity contribution in [3.8, 4) is 0 Å². The number of nitrogens with zero attached hydrogens (tertiary/aromatic N) is 1. The lowest BCUT2D eigenvalue weighted by atomic mass is 10.1. The summed E-state index contributed by atoms with van der Waals surface area (Å²) in [5.74, 6) is 0.00819. The Balaban J connectivity index is 4.37. The van der Waals surface area contributed by atoms with Crippen LogP contribution in [-0.4, -0.2) is 61.4 Å². The van der Waals surface area contributed by atoms with Crippen molar-refractivity contribution in [1.29, 1.82) is 0 Å². The molecular formula is C26H49N5O3. The zero-order chi connectivity index (χ0) is 25.4. The minimum Gasteiger partial charge on any atom is -0.356 e. The quantitative estimate of drug-likeness (QED) is 0.149. The molecule has 1 unspecified atom stereocenters. The van der Waals surface area contributed by atoms with Crippen molar-refractivity contribution < 1.29 is 14.4 Å². The van der Waals surface area contributed by atoms with E-state index in [0.717, 1.165) is 38.5 Å². The first-order valence-corrected chi connectivity index (χ1v) is 13.0. The van der Waals surface area contributed by atoms with E-state index >= 15 is 0 Å². The maximum absolute atomic E-state index is 12.8. The largest absolute Gasteiger partial charge is 0.356 e. The molecule has 0 aromatic carbocycles. The number of allylic oxidation sites excluding steroid dienone is 4. The minimum absolute atomic E-state index is 0.0270. The summed E-state index contributed by atoms with van der Waals surface area (Å²) in [4.78, 5) is 38.4. The Labute approximate surface area is 207 Å². The second-order valence-electron chi connectivity index (χ2n) is 8.46. The fourth-order valence-electron chi connectivity index (χ4n) is 3.36. The van der Waals surface area contributed by atoms with Gasteiger partial charge in [-0.05, 0) is 64.3 Å². The second kappa shape index (κ2) is 22.6. The Kier molecular flexibility index (Phi) is 21.1. The van der Waals surface area contributed by atoms with Crippen LogP contribution in [0.1, 0.15) is 84.5 Å². The summed E-state index contributed by atoms with van der Waals surface area (Å²) in [5, 5.41) is 5.86. The van der Waals surface area contributed by atoms with Gasteiger partial charge in [-0.25, -0.2) is 0 Å². The van der Waals surface area contributed by atoms with Crippen LogP contribution in [0.25, 0.3) is 0 Å². The third kappa shape index (κ3) is 18.3. The van der Waals surface area contributed by atoms with E-state index in [9.17, 15) is 14.4 Å². The van der Waals surface area contributed by atoms with Gasteiger partial charge in [-0.1, -0.05) is 38.2 Å². The number of hydrogen-bond acceptors (Lipinski definition) is 5. The SMILES string of the molecule is CC/C=C\CCC(=O)NCCCCN(CCCNC(=O)CC/C=C\CC)C(=O)C(N)CCCN. The Hall–Kier alpha value is -2.19. The predicted octanol–water partition coefficient (Wildman–Crippen LogP) is 2.78. The molecule has 0 spiro atoms. The summed E-state index contributed by atoms with van der Waals surface area (Å²) in [7, 11) is 0. The van der Waals surface area contributed by atoms with Crippen LogP contribution in [-0.2, 0) is 14.4 Å². The van der Waals surface area contributed by atoms with E-state index in [4.69, 9.17) is 11.5 Å². The smallest absolute Gasteiger partial charge is 0.239 e. The topological polar surface area (TPSA) is 131 Å². The second-order valence-corrected chi connectivity index (χ2v) is 8.46. The van der Waals surface area contributed by atoms with Crippen LogP contribution in [0.5, 0.6) is 0 Å². The molecule has 3 amide bonds. The van der Waals surface area contributed by atoms with Crippen molar-refractivity contribution in [2.45, 2.75) is 90.5 Å². The van der Waals surface area contributed by atoms with E-state index in [1.807, 2.05) is 12.2 Å². The maximum atomic E-state index is 12.8. The van der Waals surface area contributed by atoms with Gasteiger partial charge < -0.3 is 27.0 Å². The molecule has 0 aliphatic rings. The molecule has 196 valence electrons. The van der Waals surface area contributed by atoms with Gasteiger partial charge in [0.25, 0.3) is 0 Å². The standard InChI is InChI=1S/C26H49N5O3/c1-3-5-7-9-16-24(32)29-19-11-12-21-31(26(34)23(28)15-13-18-27)22-14-20-30-25(33)17-10-8-6-4-2/h5-8,23H,3-4,9-22,27-28H2,1-2H3,(H,29,32)(H,30,33)/b7-5-,8-6-. The molecular weight excluding hydrogens is 430 g/mol. The lowest BCUT2D eigenvalue weighted by Crippen LogP contribution is -2.45. The zero-order valence-electron chi connectivity index (χ0n) is 21.5. The van der Waals surface area contributed by atoms with Crippen LogP contribution in [0.3, 0.4) is 0 Å². The number of rotatable bonds is 21. The monoisotopic (exact) mass is 479 g/mol. The highest BCUT2D eigenvalue weighted by Crippen LogP contribution is 2.04. The van der Waals surface area contributed by atoms with Gasteiger partial charge in [-0.3, -0.25) is 14.4 Å². The molecule has 0 saturated heterocycles. The van der Waals surface area contributed by atoms with Crippen molar-refractivity contribution in [2.24, 2.45) is 11.5 Å². The van der Waals surface area contributed by atoms with Crippen molar-refractivity contribution in [1.82, 2.24) is 15.5 Å². The van der Waals surface area contributed by atoms with E-state index in [1.165, 1.54) is 0 Å². The number of carbonyl (C=O) groups excluding carboxylic acids is 3. The molecule has 0 rings (SSSR count). The van der Waals surface area contributed by atoms with Gasteiger partial charge in [0.1, 0.15) is 0 Å². The third-order valence-corrected chi connectivity index (χ3v) is 5.33. The van der Waals surface area contributed by atoms with Gasteiger partial charge in [-0.15, -0.1) is 0 Å². The Morgan fingerprint density at radius 2 is 1.32 bits per heavy atom. The van der Waals surface area contributed by atoms with Crippen LogP contribution >= 0.6 is 0 Å². The zero-order valence-corrected chi connectivity index (χ0v) is 21.5. The lowest BCUT2D eigenvalue weighted by molar-refractivity contribution is -0.133. The number of carbonyl (C=O) groups is 3. The number of nitrogens with one attached hydrogen (secondary N) is 2. The Bertz CT molecular complexity index is 607. The number of hydrogen-bond donors (Lipinski definition) is 4. The van der Waals surface area contributed by atoms with Crippen molar-refractivity contribution >= 4 is 17.7 Å². The third-order valence-electron chi connectivity index (χ3n) is 5.33. The summed E-state index contributed by atoms with van der Waals surface area (Å²) in [5.41, 5.74) is 11.6. The highest BCUT2D eigenvalue weighted by Gasteiger charge is 2.20. The van der Waals surface area contributed by atoms with Crippen LogP contribution in [0.4, 0.5) is 0 Å². The van der Waals surface area contributed by atoms with E-state index in [2.05, 4.69) is 36.6 Å². The molecule has 8 nitrogen and oxygen atoms in total. The minimum atomic E-state index is -0.556. The van der Waals surface area contributed by atoms with Gasteiger partial charge in [0.15, 0.2) is 0 Å². The van der Waals surface area contributed by atoms with Crippen LogP contribution in [0.15, 0.2) is 24.3 Å². The highest BCUT2D eigenvalue weighted by molar-refractivity contribution is 5.81. The molecule has 0 aromatic heterocycles. The highest BCUT2D eigenvalue weighted by atomic mass is 16.2. The first-order valence-electron chi connectivity index (χ1n) is 13.0. The molecule has 0 aromatic rings. The maximum Gasteiger partial charge on any atom is 0.239 e. The fraction of sp³-hybridized carbons (Fsp3) is 0.731. The molecule has 0 saturated carbocycles. The number of unbranched alkanes of at least 4 members (excludes halogenated alkanes) is 1. The first kappa shape index (κ1) is 31.8. The average molecular weight is 480 g/mol. The van der Waals surface area contributed by atoms with Crippen LogP contribution < -0.4 is 22.1 Å². The first-order chi connectivity index (χ1) is 16.5. The van der Waals surface area contributed by atoms with Crippen LogP contribution in [0, 0.1) is 0 Å². The fourth-order valence-corrected chi connectivity index (χ4v) is 3.36. The van der Waals surface area contributed by atoms with Gasteiger partial charge in [0, 0.05) is 39.0 Å². The molecule has 0 fully saturated rings. The number of amides is 3. The Morgan fingerprint density at radius 3 is 1.85 bits per heavy atom. The van der Waals surface area contributed by atoms with E-state index < -0.39 is 6.04 Å². The normalized spacial score (nSPS) is 12.2. The van der Waals surface area contributed by atoms with Crippen molar-refractivity contribution in [2.75, 3.05) is 32.7 Å². The molecule has 0 radical (unpaired) electrons. The average Bonchev–Trinajstić information content (AvgIpc) is 2.83. The van der Waals surface area contributed by atoms with E-state index in [-0.39, 0.29) is 17.7 Å². The van der Waals surface area contributed by atoms with Gasteiger partial charge in [0.05, 0.1) is 6.04 Å². The predicted molar refractivity (Wildman–Crippen MR) is 140 cm³/mol. The molecule has 0 aliphatic carbocycles. The van der Waals surface area contributed by atoms with Crippen molar-refractivity contribution in [3.05, 3.63) is 24.3 Å². The van der Waals surface area contributed by atoms with E-state index in [1.54, 1.807) is 4.90 Å². The van der Waals surface area contributed by atoms with Gasteiger partial charge >= 0.3 is 0 Å².